The van der Waals surface area contributed by atoms with E-state index in [0.29, 0.717) is 33.5 Å². The number of carbonyl (C=O) groups excluding carboxylic acids is 2. The molecule has 5 nitrogen and oxygen atoms in total. The van der Waals surface area contributed by atoms with Crippen LogP contribution >= 0.6 is 0 Å². The Morgan fingerprint density at radius 2 is 1.80 bits per heavy atom. The van der Waals surface area contributed by atoms with E-state index in [1.807, 2.05) is 30.3 Å². The molecule has 150 valence electrons. The molecule has 0 fully saturated rings. The number of para-hydroxylation sites is 1. The van der Waals surface area contributed by atoms with Gasteiger partial charge >= 0.3 is 5.97 Å². The van der Waals surface area contributed by atoms with Crippen LogP contribution in [0.2, 0.25) is 0 Å². The molecule has 2 aromatic heterocycles. The van der Waals surface area contributed by atoms with Crippen LogP contribution in [0.1, 0.15) is 39.6 Å². The van der Waals surface area contributed by atoms with Crippen molar-refractivity contribution in [3.8, 4) is 11.5 Å². The van der Waals surface area contributed by atoms with Crippen LogP contribution in [0.15, 0.2) is 77.4 Å². The third-order valence-corrected chi connectivity index (χ3v) is 4.86. The molecule has 4 aromatic rings. The Kier molecular flexibility index (Phi) is 5.70. The van der Waals surface area contributed by atoms with Crippen molar-refractivity contribution in [2.75, 3.05) is 6.61 Å². The fourth-order valence-electron chi connectivity index (χ4n) is 3.33. The number of benzene rings is 2. The van der Waals surface area contributed by atoms with Gasteiger partial charge in [-0.05, 0) is 36.2 Å². The lowest BCUT2D eigenvalue weighted by atomic mass is 10.1. The first kappa shape index (κ1) is 19.6. The molecule has 30 heavy (non-hydrogen) atoms. The second kappa shape index (κ2) is 8.74. The number of hydrogen-bond donors (Lipinski definition) is 0. The number of rotatable bonds is 7. The van der Waals surface area contributed by atoms with Crippen LogP contribution in [0.25, 0.3) is 22.4 Å². The molecular formula is C25H21NO4. The van der Waals surface area contributed by atoms with Crippen LogP contribution in [-0.4, -0.2) is 23.3 Å². The number of nitrogens with zero attached hydrogens (tertiary/aromatic N) is 1. The Labute approximate surface area is 174 Å². The van der Waals surface area contributed by atoms with Gasteiger partial charge in [-0.25, -0.2) is 9.78 Å². The summed E-state index contributed by atoms with van der Waals surface area (Å²) < 4.78 is 10.8. The highest BCUT2D eigenvalue weighted by Gasteiger charge is 2.18. The molecule has 0 atom stereocenters. The Morgan fingerprint density at radius 3 is 2.53 bits per heavy atom. The zero-order valence-electron chi connectivity index (χ0n) is 16.6. The number of Topliss-reactive ketones (excluding diaryl/α,β-unsaturated/α-hetero) is 1. The van der Waals surface area contributed by atoms with E-state index in [2.05, 4.69) is 11.9 Å². The van der Waals surface area contributed by atoms with Gasteiger partial charge in [0, 0.05) is 10.9 Å². The minimum absolute atomic E-state index is 0.240. The van der Waals surface area contributed by atoms with Crippen molar-refractivity contribution in [1.82, 2.24) is 4.98 Å². The minimum atomic E-state index is -0.572. The third-order valence-electron chi connectivity index (χ3n) is 4.86. The Morgan fingerprint density at radius 1 is 1.00 bits per heavy atom. The Bertz CT molecular complexity index is 1180. The molecule has 0 unspecified atom stereocenters. The van der Waals surface area contributed by atoms with Crippen LogP contribution in [-0.2, 0) is 11.2 Å². The molecule has 0 bridgehead atoms. The lowest BCUT2D eigenvalue weighted by Gasteiger charge is -2.09. The number of hydrogen-bond acceptors (Lipinski definition) is 5. The molecule has 0 aliphatic carbocycles. The maximum absolute atomic E-state index is 12.8. The second-order valence-electron chi connectivity index (χ2n) is 7.00. The van der Waals surface area contributed by atoms with Crippen molar-refractivity contribution in [3.05, 3.63) is 89.7 Å². The molecule has 0 spiro atoms. The molecule has 4 rings (SSSR count). The Hall–Kier alpha value is -3.73. The number of carbonyl (C=O) groups is 2. The number of ketones is 1. The van der Waals surface area contributed by atoms with Crippen molar-refractivity contribution in [3.63, 3.8) is 0 Å². The van der Waals surface area contributed by atoms with Gasteiger partial charge in [0.15, 0.2) is 18.2 Å². The van der Waals surface area contributed by atoms with E-state index < -0.39 is 5.97 Å². The van der Waals surface area contributed by atoms with Gasteiger partial charge < -0.3 is 9.15 Å². The summed E-state index contributed by atoms with van der Waals surface area (Å²) in [7, 11) is 0. The lowest BCUT2D eigenvalue weighted by Crippen LogP contribution is -2.15. The van der Waals surface area contributed by atoms with Gasteiger partial charge in [-0.3, -0.25) is 4.79 Å². The van der Waals surface area contributed by atoms with Crippen molar-refractivity contribution < 1.29 is 18.7 Å². The van der Waals surface area contributed by atoms with Crippen molar-refractivity contribution in [2.45, 2.75) is 19.8 Å². The van der Waals surface area contributed by atoms with Crippen LogP contribution < -0.4 is 0 Å². The van der Waals surface area contributed by atoms with Crippen molar-refractivity contribution in [1.29, 1.82) is 0 Å². The maximum atomic E-state index is 12.8. The summed E-state index contributed by atoms with van der Waals surface area (Å²) >= 11 is 0. The molecule has 0 amide bonds. The van der Waals surface area contributed by atoms with E-state index in [9.17, 15) is 9.59 Å². The largest absolute Gasteiger partial charge is 0.463 e. The highest BCUT2D eigenvalue weighted by molar-refractivity contribution is 6.06. The van der Waals surface area contributed by atoms with Gasteiger partial charge in [0.25, 0.3) is 0 Å². The summed E-state index contributed by atoms with van der Waals surface area (Å²) in [5, 5.41) is 0.661. The minimum Gasteiger partial charge on any atom is -0.463 e. The first-order valence-corrected chi connectivity index (χ1v) is 9.88. The molecule has 2 aromatic carbocycles. The normalized spacial score (nSPS) is 10.8. The van der Waals surface area contributed by atoms with Gasteiger partial charge in [0.05, 0.1) is 17.3 Å². The molecular weight excluding hydrogens is 378 g/mol. The van der Waals surface area contributed by atoms with E-state index in [0.717, 1.165) is 12.8 Å². The van der Waals surface area contributed by atoms with E-state index in [1.165, 1.54) is 5.56 Å². The van der Waals surface area contributed by atoms with Crippen LogP contribution in [0.5, 0.6) is 0 Å². The smallest absolute Gasteiger partial charge is 0.339 e. The van der Waals surface area contributed by atoms with Crippen LogP contribution in [0, 0.1) is 0 Å². The number of fused-ring (bicyclic) bond motifs is 1. The number of ether oxygens (including phenoxy) is 1. The predicted octanol–water partition coefficient (Wildman–Crippen LogP) is 5.49. The molecule has 0 aliphatic heterocycles. The predicted molar refractivity (Wildman–Crippen MR) is 114 cm³/mol. The zero-order chi connectivity index (χ0) is 20.9. The average Bonchev–Trinajstić information content (AvgIpc) is 3.32. The molecule has 0 N–H and O–H groups in total. The van der Waals surface area contributed by atoms with Gasteiger partial charge in [-0.1, -0.05) is 55.8 Å². The number of esters is 1. The number of furan rings is 1. The summed E-state index contributed by atoms with van der Waals surface area (Å²) in [6, 6.07) is 19.9. The highest BCUT2D eigenvalue weighted by atomic mass is 16.5. The van der Waals surface area contributed by atoms with Crippen molar-refractivity contribution >= 4 is 22.7 Å². The van der Waals surface area contributed by atoms with Gasteiger partial charge in [0.1, 0.15) is 5.69 Å². The molecule has 0 radical (unpaired) electrons. The summed E-state index contributed by atoms with van der Waals surface area (Å²) in [6.07, 6.45) is 3.57. The van der Waals surface area contributed by atoms with Gasteiger partial charge in [-0.15, -0.1) is 0 Å². The first-order valence-electron chi connectivity index (χ1n) is 9.88. The SMILES string of the molecule is CCCc1ccc(C(=O)COC(=O)c2cc(-c3ccco3)nc3ccccc23)cc1. The maximum Gasteiger partial charge on any atom is 0.339 e. The van der Waals surface area contributed by atoms with E-state index in [4.69, 9.17) is 9.15 Å². The third kappa shape index (κ3) is 4.15. The fourth-order valence-corrected chi connectivity index (χ4v) is 3.33. The van der Waals surface area contributed by atoms with E-state index >= 15 is 0 Å². The quantitative estimate of drug-likeness (QED) is 0.304. The second-order valence-corrected chi connectivity index (χ2v) is 7.00. The topological polar surface area (TPSA) is 69.4 Å². The summed E-state index contributed by atoms with van der Waals surface area (Å²) in [5.41, 5.74) is 3.23. The number of aryl methyl sites for hydroxylation is 1. The van der Waals surface area contributed by atoms with Crippen molar-refractivity contribution in [2.24, 2.45) is 0 Å². The Balaban J connectivity index is 1.55. The summed E-state index contributed by atoms with van der Waals surface area (Å²) in [6.45, 7) is 1.79. The lowest BCUT2D eigenvalue weighted by molar-refractivity contribution is 0.0476. The van der Waals surface area contributed by atoms with Gasteiger partial charge in [-0.2, -0.15) is 0 Å². The number of pyridine rings is 1. The van der Waals surface area contributed by atoms with E-state index in [1.54, 1.807) is 42.7 Å². The zero-order valence-corrected chi connectivity index (χ0v) is 16.6. The molecule has 0 saturated heterocycles. The molecule has 0 saturated carbocycles. The van der Waals surface area contributed by atoms with E-state index in [-0.39, 0.29) is 12.4 Å². The molecule has 5 heteroatoms. The van der Waals surface area contributed by atoms with Crippen LogP contribution in [0.3, 0.4) is 0 Å². The molecule has 2 heterocycles. The fraction of sp³-hybridized carbons (Fsp3) is 0.160. The van der Waals surface area contributed by atoms with Crippen LogP contribution in [0.4, 0.5) is 0 Å². The number of aromatic nitrogens is 1. The standard InChI is InChI=1S/C25H21NO4/c1-2-6-17-10-12-18(13-11-17)23(27)16-30-25(28)20-15-22(24-9-5-14-29-24)26-21-8-4-3-7-19(20)21/h3-5,7-15H,2,6,16H2,1H3. The summed E-state index contributed by atoms with van der Waals surface area (Å²) in [4.78, 5) is 29.8. The first-order chi connectivity index (χ1) is 14.7. The monoisotopic (exact) mass is 399 g/mol. The molecule has 0 aliphatic rings. The van der Waals surface area contributed by atoms with Gasteiger partial charge in [0.2, 0.25) is 0 Å². The highest BCUT2D eigenvalue weighted by Crippen LogP contribution is 2.25. The summed E-state index contributed by atoms with van der Waals surface area (Å²) in [5.74, 6) is -0.258. The average molecular weight is 399 g/mol.